The van der Waals surface area contributed by atoms with E-state index in [1.807, 2.05) is 6.92 Å². The van der Waals surface area contributed by atoms with Crippen molar-refractivity contribution in [2.24, 2.45) is 0 Å². The highest BCUT2D eigenvalue weighted by Crippen LogP contribution is 2.18. The van der Waals surface area contributed by atoms with Crippen molar-refractivity contribution in [3.8, 4) is 0 Å². The number of halogens is 3. The summed E-state index contributed by atoms with van der Waals surface area (Å²) in [6, 6.07) is 1.33. The molecule has 2 nitrogen and oxygen atoms in total. The third-order valence-corrected chi connectivity index (χ3v) is 2.30. The molecule has 0 aliphatic carbocycles. The van der Waals surface area contributed by atoms with Gasteiger partial charge in [0.05, 0.1) is 5.69 Å². The van der Waals surface area contributed by atoms with Crippen molar-refractivity contribution in [3.05, 3.63) is 29.6 Å². The highest BCUT2D eigenvalue weighted by atomic mass is 32.1. The van der Waals surface area contributed by atoms with Crippen molar-refractivity contribution in [2.45, 2.75) is 19.8 Å². The van der Waals surface area contributed by atoms with Gasteiger partial charge in [-0.15, -0.1) is 0 Å². The summed E-state index contributed by atoms with van der Waals surface area (Å²) in [5.74, 6) is -3.25. The molecule has 0 heterocycles. The topological polar surface area (TPSA) is 24.1 Å². The van der Waals surface area contributed by atoms with Crippen LogP contribution in [-0.2, 0) is 0 Å². The second-order valence-electron chi connectivity index (χ2n) is 3.48. The van der Waals surface area contributed by atoms with Crippen LogP contribution >= 0.6 is 12.2 Å². The van der Waals surface area contributed by atoms with Gasteiger partial charge in [0.1, 0.15) is 5.82 Å². The summed E-state index contributed by atoms with van der Waals surface area (Å²) in [4.78, 5) is 0. The molecule has 1 aromatic rings. The minimum atomic E-state index is -1.25. The van der Waals surface area contributed by atoms with Gasteiger partial charge in [0.2, 0.25) is 0 Å². The van der Waals surface area contributed by atoms with Crippen LogP contribution in [0.1, 0.15) is 19.8 Å². The Hall–Kier alpha value is -1.30. The molecule has 17 heavy (non-hydrogen) atoms. The molecule has 1 rings (SSSR count). The average molecular weight is 262 g/mol. The summed E-state index contributed by atoms with van der Waals surface area (Å²) >= 11 is 4.86. The fraction of sp³-hybridized carbons (Fsp3) is 0.364. The molecule has 0 fully saturated rings. The number of hydrogen-bond acceptors (Lipinski definition) is 1. The average Bonchev–Trinajstić information content (AvgIpc) is 2.25. The number of anilines is 1. The number of nitrogens with one attached hydrogen (secondary N) is 2. The third kappa shape index (κ3) is 4.22. The van der Waals surface area contributed by atoms with E-state index in [1.54, 1.807) is 0 Å². The second kappa shape index (κ2) is 6.44. The van der Waals surface area contributed by atoms with E-state index in [4.69, 9.17) is 12.2 Å². The van der Waals surface area contributed by atoms with Gasteiger partial charge in [-0.25, -0.2) is 13.2 Å². The number of benzene rings is 1. The maximum absolute atomic E-state index is 13.2. The van der Waals surface area contributed by atoms with E-state index in [-0.39, 0.29) is 10.8 Å². The molecule has 0 bridgehead atoms. The molecule has 0 amide bonds. The van der Waals surface area contributed by atoms with Crippen LogP contribution in [0.3, 0.4) is 0 Å². The predicted molar refractivity (Wildman–Crippen MR) is 65.4 cm³/mol. The van der Waals surface area contributed by atoms with Gasteiger partial charge in [0.25, 0.3) is 0 Å². The minimum Gasteiger partial charge on any atom is -0.362 e. The Balaban J connectivity index is 2.65. The van der Waals surface area contributed by atoms with Gasteiger partial charge in [0.15, 0.2) is 16.7 Å². The molecule has 0 saturated heterocycles. The fourth-order valence-corrected chi connectivity index (χ4v) is 1.40. The van der Waals surface area contributed by atoms with Crippen molar-refractivity contribution in [1.82, 2.24) is 5.32 Å². The molecular formula is C11H13F3N2S. The summed E-state index contributed by atoms with van der Waals surface area (Å²) in [6.07, 6.45) is 1.89. The quantitative estimate of drug-likeness (QED) is 0.495. The van der Waals surface area contributed by atoms with Crippen LogP contribution < -0.4 is 10.6 Å². The van der Waals surface area contributed by atoms with Crippen molar-refractivity contribution < 1.29 is 13.2 Å². The normalized spacial score (nSPS) is 10.1. The molecule has 0 aromatic heterocycles. The van der Waals surface area contributed by atoms with E-state index >= 15 is 0 Å². The first-order chi connectivity index (χ1) is 8.04. The van der Waals surface area contributed by atoms with E-state index in [0.29, 0.717) is 12.6 Å². The monoisotopic (exact) mass is 262 g/mol. The van der Waals surface area contributed by atoms with E-state index in [0.717, 1.165) is 18.9 Å². The Morgan fingerprint density at radius 1 is 1.29 bits per heavy atom. The van der Waals surface area contributed by atoms with Crippen molar-refractivity contribution in [3.63, 3.8) is 0 Å². The molecule has 0 unspecified atom stereocenters. The molecule has 0 radical (unpaired) electrons. The van der Waals surface area contributed by atoms with Crippen molar-refractivity contribution >= 4 is 23.0 Å². The van der Waals surface area contributed by atoms with Gasteiger partial charge in [-0.1, -0.05) is 13.3 Å². The Labute approximate surface area is 103 Å². The van der Waals surface area contributed by atoms with Crippen LogP contribution in [0.4, 0.5) is 18.9 Å². The van der Waals surface area contributed by atoms with E-state index in [1.165, 1.54) is 0 Å². The largest absolute Gasteiger partial charge is 0.362 e. The number of hydrogen-bond donors (Lipinski definition) is 2. The minimum absolute atomic E-state index is 0.141. The molecule has 94 valence electrons. The zero-order valence-electron chi connectivity index (χ0n) is 9.32. The lowest BCUT2D eigenvalue weighted by Crippen LogP contribution is -2.29. The van der Waals surface area contributed by atoms with Gasteiger partial charge in [-0.3, -0.25) is 0 Å². The predicted octanol–water partition coefficient (Wildman–Crippen LogP) is 3.19. The highest BCUT2D eigenvalue weighted by Gasteiger charge is 2.11. The maximum atomic E-state index is 13.2. The van der Waals surface area contributed by atoms with Crippen LogP contribution in [0, 0.1) is 17.5 Å². The van der Waals surface area contributed by atoms with Gasteiger partial charge < -0.3 is 10.6 Å². The number of thiocarbonyl (C=S) groups is 1. The van der Waals surface area contributed by atoms with Crippen LogP contribution in [0.15, 0.2) is 12.1 Å². The van der Waals surface area contributed by atoms with E-state index in [2.05, 4.69) is 10.6 Å². The lowest BCUT2D eigenvalue weighted by atomic mass is 10.3. The standard InChI is InChI=1S/C11H13F3N2S/c1-2-3-4-15-11(17)16-9-6-7(12)5-8(13)10(9)14/h5-6H,2-4H2,1H3,(H2,15,16,17). The summed E-state index contributed by atoms with van der Waals surface area (Å²) < 4.78 is 39.0. The highest BCUT2D eigenvalue weighted by molar-refractivity contribution is 7.80. The lowest BCUT2D eigenvalue weighted by molar-refractivity contribution is 0.498. The molecule has 0 atom stereocenters. The molecule has 0 saturated carbocycles. The van der Waals surface area contributed by atoms with Gasteiger partial charge in [0, 0.05) is 18.7 Å². The molecule has 1 aromatic carbocycles. The summed E-state index contributed by atoms with van der Waals surface area (Å²) in [5, 5.41) is 5.36. The smallest absolute Gasteiger partial charge is 0.182 e. The van der Waals surface area contributed by atoms with Crippen molar-refractivity contribution in [1.29, 1.82) is 0 Å². The molecule has 0 aliphatic heterocycles. The third-order valence-electron chi connectivity index (χ3n) is 2.06. The first kappa shape index (κ1) is 13.8. The van der Waals surface area contributed by atoms with E-state index < -0.39 is 17.5 Å². The molecule has 2 N–H and O–H groups in total. The van der Waals surface area contributed by atoms with Gasteiger partial charge >= 0.3 is 0 Å². The first-order valence-electron chi connectivity index (χ1n) is 5.24. The number of rotatable bonds is 4. The summed E-state index contributed by atoms with van der Waals surface area (Å²) in [6.45, 7) is 2.64. The molecular weight excluding hydrogens is 249 g/mol. The lowest BCUT2D eigenvalue weighted by Gasteiger charge is -2.11. The summed E-state index contributed by atoms with van der Waals surface area (Å²) in [7, 11) is 0. The molecule has 6 heteroatoms. The molecule has 0 aliphatic rings. The maximum Gasteiger partial charge on any atom is 0.182 e. The Morgan fingerprint density at radius 3 is 2.65 bits per heavy atom. The second-order valence-corrected chi connectivity index (χ2v) is 3.89. The van der Waals surface area contributed by atoms with Crippen molar-refractivity contribution in [2.75, 3.05) is 11.9 Å². The Bertz CT molecular complexity index is 410. The SMILES string of the molecule is CCCCNC(=S)Nc1cc(F)cc(F)c1F. The number of unbranched alkanes of at least 4 members (excludes halogenated alkanes) is 1. The van der Waals surface area contributed by atoms with Gasteiger partial charge in [-0.2, -0.15) is 0 Å². The fourth-order valence-electron chi connectivity index (χ4n) is 1.19. The van der Waals surface area contributed by atoms with Crippen LogP contribution in [0.5, 0.6) is 0 Å². The zero-order chi connectivity index (χ0) is 12.8. The van der Waals surface area contributed by atoms with Gasteiger partial charge in [-0.05, 0) is 18.6 Å². The van der Waals surface area contributed by atoms with Crippen LogP contribution in [0.2, 0.25) is 0 Å². The zero-order valence-corrected chi connectivity index (χ0v) is 10.1. The molecule has 0 spiro atoms. The Morgan fingerprint density at radius 2 is 2.00 bits per heavy atom. The first-order valence-corrected chi connectivity index (χ1v) is 5.64. The Kier molecular flexibility index (Phi) is 5.21. The van der Waals surface area contributed by atoms with Crippen LogP contribution in [0.25, 0.3) is 0 Å². The van der Waals surface area contributed by atoms with E-state index in [9.17, 15) is 13.2 Å². The summed E-state index contributed by atoms with van der Waals surface area (Å²) in [5.41, 5.74) is -0.309. The van der Waals surface area contributed by atoms with Crippen LogP contribution in [-0.4, -0.2) is 11.7 Å².